The molecule has 4 nitrogen and oxygen atoms in total. The molecule has 6 rings (SSSR count). The number of hydrogen-bond acceptors (Lipinski definition) is 3. The van der Waals surface area contributed by atoms with Gasteiger partial charge in [0.1, 0.15) is 0 Å². The molecular weight excluding hydrogens is 544 g/mol. The molecular formula is C35H31ClN4S. The molecule has 2 heterocycles. The first-order valence-electron chi connectivity index (χ1n) is 13.9. The highest BCUT2D eigenvalue weighted by Gasteiger charge is 2.34. The summed E-state index contributed by atoms with van der Waals surface area (Å²) in [6.45, 7) is 4.95. The fourth-order valence-corrected chi connectivity index (χ4v) is 6.15. The molecule has 1 aromatic heterocycles. The van der Waals surface area contributed by atoms with E-state index in [1.807, 2.05) is 35.3 Å². The Balaban J connectivity index is 1.44. The topological polar surface area (TPSA) is 40.5 Å². The lowest BCUT2D eigenvalue weighted by Crippen LogP contribution is -2.37. The Morgan fingerprint density at radius 3 is 2.37 bits per heavy atom. The fourth-order valence-electron chi connectivity index (χ4n) is 5.71. The minimum absolute atomic E-state index is 0.0268. The van der Waals surface area contributed by atoms with Crippen molar-refractivity contribution in [3.8, 4) is 11.1 Å². The van der Waals surface area contributed by atoms with Crippen LogP contribution in [-0.4, -0.2) is 27.4 Å². The molecule has 6 heteroatoms. The minimum atomic E-state index is -0.0268. The fraction of sp³-hybridized carbons (Fsp3) is 0.171. The molecule has 1 atom stereocenters. The van der Waals surface area contributed by atoms with Crippen LogP contribution in [0.5, 0.6) is 0 Å². The number of hydrazone groups is 1. The molecule has 1 unspecified atom stereocenters. The van der Waals surface area contributed by atoms with Gasteiger partial charge in [0.2, 0.25) is 0 Å². The van der Waals surface area contributed by atoms with Crippen LogP contribution in [-0.2, 0) is 6.42 Å². The van der Waals surface area contributed by atoms with E-state index in [2.05, 4.69) is 92.0 Å². The first kappa shape index (κ1) is 27.1. The van der Waals surface area contributed by atoms with E-state index in [0.29, 0.717) is 16.6 Å². The van der Waals surface area contributed by atoms with Crippen LogP contribution in [0.3, 0.4) is 0 Å². The maximum absolute atomic E-state index is 6.52. The van der Waals surface area contributed by atoms with Crippen molar-refractivity contribution in [3.05, 3.63) is 136 Å². The molecule has 4 aromatic carbocycles. The summed E-state index contributed by atoms with van der Waals surface area (Å²) < 4.78 is 0. The third-order valence-corrected chi connectivity index (χ3v) is 8.24. The molecule has 0 bridgehead atoms. The van der Waals surface area contributed by atoms with Crippen molar-refractivity contribution in [2.24, 2.45) is 5.10 Å². The Kier molecular flexibility index (Phi) is 7.82. The highest BCUT2D eigenvalue weighted by molar-refractivity contribution is 7.80. The van der Waals surface area contributed by atoms with Gasteiger partial charge in [-0.2, -0.15) is 5.10 Å². The van der Waals surface area contributed by atoms with Crippen molar-refractivity contribution in [2.45, 2.75) is 32.7 Å². The second kappa shape index (κ2) is 11.8. The SMILES string of the molecule is Cc1ccccc1C1CC(c2c(C)nc3ccc(Cl)cc3c2-c2ccccc2)=NN1C(=S)NCCc1ccccc1. The van der Waals surface area contributed by atoms with E-state index in [4.69, 9.17) is 33.9 Å². The van der Waals surface area contributed by atoms with Gasteiger partial charge in [-0.3, -0.25) is 4.98 Å². The molecule has 41 heavy (non-hydrogen) atoms. The maximum atomic E-state index is 6.52. The van der Waals surface area contributed by atoms with Gasteiger partial charge in [0.15, 0.2) is 5.11 Å². The van der Waals surface area contributed by atoms with Gasteiger partial charge < -0.3 is 5.32 Å². The van der Waals surface area contributed by atoms with Crippen LogP contribution in [0, 0.1) is 13.8 Å². The summed E-state index contributed by atoms with van der Waals surface area (Å²) in [4.78, 5) is 5.01. The van der Waals surface area contributed by atoms with Crippen LogP contribution in [0.2, 0.25) is 5.02 Å². The first-order valence-corrected chi connectivity index (χ1v) is 14.7. The van der Waals surface area contributed by atoms with E-state index in [9.17, 15) is 0 Å². The van der Waals surface area contributed by atoms with Crippen molar-refractivity contribution < 1.29 is 0 Å². The number of nitrogens with zero attached hydrogens (tertiary/aromatic N) is 3. The number of fused-ring (bicyclic) bond motifs is 1. The van der Waals surface area contributed by atoms with Gasteiger partial charge in [-0.25, -0.2) is 5.01 Å². The molecule has 0 amide bonds. The summed E-state index contributed by atoms with van der Waals surface area (Å²) in [7, 11) is 0. The predicted octanol–water partition coefficient (Wildman–Crippen LogP) is 8.44. The Labute approximate surface area is 251 Å². The number of thiocarbonyl (C=S) groups is 1. The van der Waals surface area contributed by atoms with Gasteiger partial charge in [0, 0.05) is 40.2 Å². The number of halogens is 1. The molecule has 1 N–H and O–H groups in total. The van der Waals surface area contributed by atoms with Crippen LogP contribution in [0.25, 0.3) is 22.0 Å². The third-order valence-electron chi connectivity index (χ3n) is 7.68. The smallest absolute Gasteiger partial charge is 0.190 e. The van der Waals surface area contributed by atoms with Gasteiger partial charge in [0.05, 0.1) is 17.3 Å². The van der Waals surface area contributed by atoms with Crippen LogP contribution >= 0.6 is 23.8 Å². The quantitative estimate of drug-likeness (QED) is 0.207. The molecule has 0 saturated carbocycles. The van der Waals surface area contributed by atoms with E-state index >= 15 is 0 Å². The average Bonchev–Trinajstić information content (AvgIpc) is 3.43. The lowest BCUT2D eigenvalue weighted by molar-refractivity contribution is 0.363. The van der Waals surface area contributed by atoms with E-state index in [-0.39, 0.29) is 6.04 Å². The van der Waals surface area contributed by atoms with Crippen molar-refractivity contribution in [1.29, 1.82) is 0 Å². The van der Waals surface area contributed by atoms with E-state index < -0.39 is 0 Å². The molecule has 5 aromatic rings. The summed E-state index contributed by atoms with van der Waals surface area (Å²) in [6, 6.07) is 35.3. The lowest BCUT2D eigenvalue weighted by atomic mass is 9.88. The van der Waals surface area contributed by atoms with Crippen molar-refractivity contribution in [3.63, 3.8) is 0 Å². The van der Waals surface area contributed by atoms with Gasteiger partial charge in [-0.05, 0) is 72.9 Å². The van der Waals surface area contributed by atoms with Gasteiger partial charge in [0.25, 0.3) is 0 Å². The van der Waals surface area contributed by atoms with Crippen LogP contribution in [0.1, 0.15) is 40.4 Å². The van der Waals surface area contributed by atoms with Gasteiger partial charge in [-0.1, -0.05) is 96.5 Å². The molecule has 1 aliphatic heterocycles. The van der Waals surface area contributed by atoms with Crippen LogP contribution in [0.4, 0.5) is 0 Å². The number of hydrogen-bond donors (Lipinski definition) is 1. The molecule has 0 aliphatic carbocycles. The molecule has 1 aliphatic rings. The second-order valence-electron chi connectivity index (χ2n) is 10.4. The van der Waals surface area contributed by atoms with E-state index in [1.165, 1.54) is 16.7 Å². The normalized spacial score (nSPS) is 14.8. The highest BCUT2D eigenvalue weighted by atomic mass is 35.5. The van der Waals surface area contributed by atoms with Gasteiger partial charge in [-0.15, -0.1) is 0 Å². The monoisotopic (exact) mass is 574 g/mol. The zero-order valence-corrected chi connectivity index (χ0v) is 24.7. The summed E-state index contributed by atoms with van der Waals surface area (Å²) in [5.41, 5.74) is 9.77. The zero-order valence-electron chi connectivity index (χ0n) is 23.1. The lowest BCUT2D eigenvalue weighted by Gasteiger charge is -2.26. The third kappa shape index (κ3) is 5.61. The van der Waals surface area contributed by atoms with Gasteiger partial charge >= 0.3 is 0 Å². The molecule has 0 spiro atoms. The Morgan fingerprint density at radius 1 is 0.902 bits per heavy atom. The largest absolute Gasteiger partial charge is 0.361 e. The summed E-state index contributed by atoms with van der Waals surface area (Å²) in [5.74, 6) is 0. The molecule has 0 radical (unpaired) electrons. The second-order valence-corrected chi connectivity index (χ2v) is 11.2. The number of rotatable bonds is 6. The summed E-state index contributed by atoms with van der Waals surface area (Å²) in [6.07, 6.45) is 1.59. The number of aryl methyl sites for hydroxylation is 2. The molecule has 0 fully saturated rings. The summed E-state index contributed by atoms with van der Waals surface area (Å²) in [5, 5.41) is 13.0. The van der Waals surface area contributed by atoms with E-state index in [0.717, 1.165) is 52.0 Å². The van der Waals surface area contributed by atoms with Crippen LogP contribution < -0.4 is 5.32 Å². The predicted molar refractivity (Wildman–Crippen MR) is 175 cm³/mol. The first-order chi connectivity index (χ1) is 20.0. The Bertz CT molecular complexity index is 1750. The molecule has 204 valence electrons. The number of pyridine rings is 1. The Morgan fingerprint density at radius 2 is 1.61 bits per heavy atom. The number of benzene rings is 4. The number of aromatic nitrogens is 1. The van der Waals surface area contributed by atoms with E-state index in [1.54, 1.807) is 0 Å². The maximum Gasteiger partial charge on any atom is 0.190 e. The van der Waals surface area contributed by atoms with Crippen molar-refractivity contribution in [1.82, 2.24) is 15.3 Å². The van der Waals surface area contributed by atoms with Crippen LogP contribution in [0.15, 0.2) is 108 Å². The highest BCUT2D eigenvalue weighted by Crippen LogP contribution is 2.40. The standard InChI is InChI=1S/C35H31ClN4S/c1-23-11-9-10-16-28(23)32-22-31(39-40(32)35(41)37-20-19-25-12-5-3-6-13-25)33-24(2)38-30-18-17-27(36)21-29(30)34(33)26-14-7-4-8-15-26/h3-18,21,32H,19-20,22H2,1-2H3,(H,37,41). The van der Waals surface area contributed by atoms with Crippen molar-refractivity contribution >= 4 is 45.5 Å². The minimum Gasteiger partial charge on any atom is -0.361 e. The average molecular weight is 575 g/mol. The molecule has 0 saturated heterocycles. The summed E-state index contributed by atoms with van der Waals surface area (Å²) >= 11 is 12.5. The van der Waals surface area contributed by atoms with Crippen molar-refractivity contribution in [2.75, 3.05) is 6.54 Å². The zero-order chi connectivity index (χ0) is 28.3. The Hall–Kier alpha value is -4.06. The number of nitrogens with one attached hydrogen (secondary N) is 1.